The van der Waals surface area contributed by atoms with Gasteiger partial charge in [-0.05, 0) is 48.5 Å². The number of aromatic nitrogens is 3. The zero-order chi connectivity index (χ0) is 20.5. The second-order valence-corrected chi connectivity index (χ2v) is 7.86. The molecule has 1 aliphatic heterocycles. The van der Waals surface area contributed by atoms with Crippen molar-refractivity contribution in [3.8, 4) is 5.69 Å². The molecule has 0 bridgehead atoms. The normalized spacial score (nSPS) is 14.2. The van der Waals surface area contributed by atoms with E-state index in [4.69, 9.17) is 9.72 Å². The molecule has 1 saturated heterocycles. The van der Waals surface area contributed by atoms with Crippen molar-refractivity contribution in [3.05, 3.63) is 66.2 Å². The maximum absolute atomic E-state index is 13.1. The minimum atomic E-state index is -0.320. The second kappa shape index (κ2) is 7.85. The van der Waals surface area contributed by atoms with Gasteiger partial charge in [0.2, 0.25) is 0 Å². The molecule has 1 aliphatic rings. The molecule has 1 N–H and O–H groups in total. The number of thiazole rings is 1. The summed E-state index contributed by atoms with van der Waals surface area (Å²) in [6.07, 6.45) is 1.67. The Kier molecular flexibility index (Phi) is 4.89. The maximum atomic E-state index is 13.1. The molecule has 2 aromatic carbocycles. The lowest BCUT2D eigenvalue weighted by atomic mass is 10.3. The van der Waals surface area contributed by atoms with Crippen molar-refractivity contribution in [3.63, 3.8) is 0 Å². The fourth-order valence-electron chi connectivity index (χ4n) is 3.26. The molecule has 3 heterocycles. The molecule has 0 spiro atoms. The highest BCUT2D eigenvalue weighted by molar-refractivity contribution is 7.22. The number of fused-ring (bicyclic) bond motifs is 1. The van der Waals surface area contributed by atoms with Crippen LogP contribution in [0.2, 0.25) is 0 Å². The molecule has 0 unspecified atom stereocenters. The van der Waals surface area contributed by atoms with Gasteiger partial charge in [0.25, 0.3) is 5.91 Å². The Bertz CT molecular complexity index is 1200. The lowest BCUT2D eigenvalue weighted by Gasteiger charge is -2.25. The van der Waals surface area contributed by atoms with Gasteiger partial charge in [-0.15, -0.1) is 0 Å². The Morgan fingerprint density at radius 1 is 1.10 bits per heavy atom. The summed E-state index contributed by atoms with van der Waals surface area (Å²) in [6, 6.07) is 13.2. The highest BCUT2D eigenvalue weighted by atomic mass is 32.1. The average Bonchev–Trinajstić information content (AvgIpc) is 3.42. The summed E-state index contributed by atoms with van der Waals surface area (Å²) in [6.45, 7) is 3.09. The van der Waals surface area contributed by atoms with Crippen LogP contribution >= 0.6 is 11.3 Å². The predicted molar refractivity (Wildman–Crippen MR) is 114 cm³/mol. The topological polar surface area (TPSA) is 72.3 Å². The highest BCUT2D eigenvalue weighted by Crippen LogP contribution is 2.31. The van der Waals surface area contributed by atoms with Crippen LogP contribution in [0.15, 0.2) is 54.7 Å². The minimum Gasteiger partial charge on any atom is -0.378 e. The average molecular weight is 423 g/mol. The SMILES string of the molecule is O=C(Nc1ccc2nc(N3CCOCC3)sc2c1)c1ccn(-c2ccc(F)cc2)n1. The lowest BCUT2D eigenvalue weighted by Crippen LogP contribution is -2.36. The number of carbonyl (C=O) groups excluding carboxylic acids is 1. The molecule has 4 aromatic rings. The molecule has 5 rings (SSSR count). The number of carbonyl (C=O) groups is 1. The molecule has 2 aromatic heterocycles. The zero-order valence-electron chi connectivity index (χ0n) is 15.9. The molecule has 7 nitrogen and oxygen atoms in total. The van der Waals surface area contributed by atoms with Crippen LogP contribution in [0.25, 0.3) is 15.9 Å². The summed E-state index contributed by atoms with van der Waals surface area (Å²) in [5, 5.41) is 8.14. The second-order valence-electron chi connectivity index (χ2n) is 6.85. The first-order valence-electron chi connectivity index (χ1n) is 9.52. The number of morpholine rings is 1. The Labute approximate surface area is 175 Å². The number of hydrogen-bond acceptors (Lipinski definition) is 6. The smallest absolute Gasteiger partial charge is 0.276 e. The highest BCUT2D eigenvalue weighted by Gasteiger charge is 2.16. The van der Waals surface area contributed by atoms with Crippen molar-refractivity contribution < 1.29 is 13.9 Å². The third kappa shape index (κ3) is 3.77. The third-order valence-electron chi connectivity index (χ3n) is 4.83. The van der Waals surface area contributed by atoms with E-state index >= 15 is 0 Å². The Hall–Kier alpha value is -3.30. The summed E-state index contributed by atoms with van der Waals surface area (Å²) in [5.41, 5.74) is 2.54. The largest absolute Gasteiger partial charge is 0.378 e. The monoisotopic (exact) mass is 423 g/mol. The number of nitrogens with zero attached hydrogens (tertiary/aromatic N) is 4. The molecule has 0 atom stereocenters. The summed E-state index contributed by atoms with van der Waals surface area (Å²) in [7, 11) is 0. The molecule has 0 saturated carbocycles. The van der Waals surface area contributed by atoms with Gasteiger partial charge >= 0.3 is 0 Å². The number of halogens is 1. The van der Waals surface area contributed by atoms with Crippen molar-refractivity contribution in [2.45, 2.75) is 0 Å². The summed E-state index contributed by atoms with van der Waals surface area (Å²) in [5.74, 6) is -0.632. The number of benzene rings is 2. The van der Waals surface area contributed by atoms with Gasteiger partial charge in [0, 0.05) is 25.0 Å². The van der Waals surface area contributed by atoms with Crippen LogP contribution in [0.3, 0.4) is 0 Å². The molecule has 9 heteroatoms. The zero-order valence-corrected chi connectivity index (χ0v) is 16.7. The van der Waals surface area contributed by atoms with Crippen LogP contribution in [-0.2, 0) is 4.74 Å². The third-order valence-corrected chi connectivity index (χ3v) is 5.91. The lowest BCUT2D eigenvalue weighted by molar-refractivity contribution is 0.102. The van der Waals surface area contributed by atoms with E-state index in [1.807, 2.05) is 18.2 Å². The quantitative estimate of drug-likeness (QED) is 0.542. The van der Waals surface area contributed by atoms with Crippen molar-refractivity contribution in [2.24, 2.45) is 0 Å². The van der Waals surface area contributed by atoms with Crippen molar-refractivity contribution in [1.29, 1.82) is 0 Å². The molecule has 152 valence electrons. The Morgan fingerprint density at radius 3 is 2.70 bits per heavy atom. The number of hydrogen-bond donors (Lipinski definition) is 1. The fourth-order valence-corrected chi connectivity index (χ4v) is 4.31. The van der Waals surface area contributed by atoms with Crippen LogP contribution in [-0.4, -0.2) is 47.0 Å². The first kappa shape index (κ1) is 18.7. The summed E-state index contributed by atoms with van der Waals surface area (Å²) >= 11 is 1.60. The van der Waals surface area contributed by atoms with Crippen LogP contribution < -0.4 is 10.2 Å². The van der Waals surface area contributed by atoms with E-state index in [-0.39, 0.29) is 17.4 Å². The molecule has 0 radical (unpaired) electrons. The number of anilines is 2. The first-order chi connectivity index (χ1) is 14.7. The summed E-state index contributed by atoms with van der Waals surface area (Å²) < 4.78 is 21.0. The molecule has 30 heavy (non-hydrogen) atoms. The van der Waals surface area contributed by atoms with Gasteiger partial charge in [-0.3, -0.25) is 4.79 Å². The van der Waals surface area contributed by atoms with E-state index in [1.54, 1.807) is 35.7 Å². The summed E-state index contributed by atoms with van der Waals surface area (Å²) in [4.78, 5) is 19.5. The predicted octanol–water partition coefficient (Wildman–Crippen LogP) is 3.71. The standard InChI is InChI=1S/C21H18FN5O2S/c22-14-1-4-16(5-2-14)27-8-7-18(25-27)20(28)23-15-3-6-17-19(13-15)30-21(24-17)26-9-11-29-12-10-26/h1-8,13H,9-12H2,(H,23,28). The van der Waals surface area contributed by atoms with Crippen molar-refractivity contribution in [1.82, 2.24) is 14.8 Å². The molecular formula is C21H18FN5O2S. The van der Waals surface area contributed by atoms with Gasteiger partial charge in [-0.2, -0.15) is 5.10 Å². The Morgan fingerprint density at radius 2 is 1.90 bits per heavy atom. The van der Waals surface area contributed by atoms with Crippen molar-refractivity contribution in [2.75, 3.05) is 36.5 Å². The number of amides is 1. The molecule has 1 amide bonds. The van der Waals surface area contributed by atoms with E-state index in [0.29, 0.717) is 24.6 Å². The van der Waals surface area contributed by atoms with Gasteiger partial charge in [0.15, 0.2) is 10.8 Å². The number of rotatable bonds is 4. The van der Waals surface area contributed by atoms with Crippen molar-refractivity contribution >= 4 is 38.3 Å². The minimum absolute atomic E-state index is 0.276. The number of nitrogens with one attached hydrogen (secondary N) is 1. The fraction of sp³-hybridized carbons (Fsp3) is 0.190. The van der Waals surface area contributed by atoms with Crippen LogP contribution in [0.5, 0.6) is 0 Å². The van der Waals surface area contributed by atoms with E-state index in [1.165, 1.54) is 16.8 Å². The maximum Gasteiger partial charge on any atom is 0.276 e. The van der Waals surface area contributed by atoms with Crippen LogP contribution in [0.4, 0.5) is 15.2 Å². The number of ether oxygens (including phenoxy) is 1. The van der Waals surface area contributed by atoms with Gasteiger partial charge < -0.3 is 15.0 Å². The molecule has 0 aliphatic carbocycles. The van der Waals surface area contributed by atoms with Gasteiger partial charge in [0.05, 0.1) is 29.1 Å². The van der Waals surface area contributed by atoms with E-state index in [9.17, 15) is 9.18 Å². The van der Waals surface area contributed by atoms with E-state index in [2.05, 4.69) is 15.3 Å². The van der Waals surface area contributed by atoms with Crippen LogP contribution in [0, 0.1) is 5.82 Å². The van der Waals surface area contributed by atoms with Crippen LogP contribution in [0.1, 0.15) is 10.5 Å². The van der Waals surface area contributed by atoms with E-state index < -0.39 is 0 Å². The van der Waals surface area contributed by atoms with Gasteiger partial charge in [-0.25, -0.2) is 14.1 Å². The van der Waals surface area contributed by atoms with E-state index in [0.717, 1.165) is 28.4 Å². The molecular weight excluding hydrogens is 405 g/mol. The Balaban J connectivity index is 1.32. The van der Waals surface area contributed by atoms with Gasteiger partial charge in [-0.1, -0.05) is 11.3 Å². The first-order valence-corrected chi connectivity index (χ1v) is 10.3. The molecule has 1 fully saturated rings. The van der Waals surface area contributed by atoms with Gasteiger partial charge in [0.1, 0.15) is 5.82 Å².